The maximum absolute atomic E-state index is 13.1. The Kier molecular flexibility index (Phi) is 7.41. The molecule has 1 fully saturated rings. The Labute approximate surface area is 182 Å². The lowest BCUT2D eigenvalue weighted by Crippen LogP contribution is -2.59. The van der Waals surface area contributed by atoms with Gasteiger partial charge < -0.3 is 20.0 Å². The van der Waals surface area contributed by atoms with Crippen LogP contribution in [-0.4, -0.2) is 42.0 Å². The second-order valence-corrected chi connectivity index (χ2v) is 8.37. The van der Waals surface area contributed by atoms with Gasteiger partial charge in [0.1, 0.15) is 12.0 Å². The highest BCUT2D eigenvalue weighted by atomic mass is 16.5. The van der Waals surface area contributed by atoms with Gasteiger partial charge in [-0.05, 0) is 36.0 Å². The molecule has 1 amide bonds. The zero-order chi connectivity index (χ0) is 22.4. The molecule has 166 valence electrons. The van der Waals surface area contributed by atoms with Crippen LogP contribution in [0.4, 0.5) is 0 Å². The molecule has 7 heteroatoms. The topological polar surface area (TPSA) is 105 Å². The van der Waals surface area contributed by atoms with Gasteiger partial charge in [-0.15, -0.1) is 0 Å². The molecule has 0 saturated carbocycles. The van der Waals surface area contributed by atoms with Crippen molar-refractivity contribution in [3.8, 4) is 0 Å². The molecule has 0 spiro atoms. The average molecular weight is 427 g/mol. The Hall–Kier alpha value is -2.77. The molecule has 3 N–H and O–H groups in total. The maximum Gasteiger partial charge on any atom is 0.305 e. The standard InChI is InChI=1S/C24H30N2O5/c1-16(2)22(23(30)25-18(15-27)14-21(28)29)26-24(12-5-6-13-31-24)20-11-7-9-17-8-3-4-10-19(17)20/h3-4,7-11,15-16,18,22,26H,5-6,12-14H2,1-2H3,(H,25,30)(H,28,29)/t18-,22-,24?/m0/s1. The van der Waals surface area contributed by atoms with E-state index in [1.54, 1.807) is 0 Å². The Morgan fingerprint density at radius 2 is 1.90 bits per heavy atom. The van der Waals surface area contributed by atoms with Gasteiger partial charge in [-0.25, -0.2) is 0 Å². The van der Waals surface area contributed by atoms with E-state index in [0.29, 0.717) is 19.3 Å². The van der Waals surface area contributed by atoms with Gasteiger partial charge >= 0.3 is 5.97 Å². The molecule has 1 aliphatic rings. The summed E-state index contributed by atoms with van der Waals surface area (Å²) in [6.07, 6.45) is 2.59. The molecule has 0 aliphatic carbocycles. The minimum absolute atomic E-state index is 0.116. The van der Waals surface area contributed by atoms with Gasteiger partial charge in [-0.1, -0.05) is 56.3 Å². The third-order valence-electron chi connectivity index (χ3n) is 5.72. The largest absolute Gasteiger partial charge is 0.481 e. The first kappa shape index (κ1) is 22.9. The summed E-state index contributed by atoms with van der Waals surface area (Å²) in [7, 11) is 0. The summed E-state index contributed by atoms with van der Waals surface area (Å²) in [5.41, 5.74) is 0.121. The van der Waals surface area contributed by atoms with Gasteiger partial charge in [0.05, 0.1) is 18.5 Å². The maximum atomic E-state index is 13.1. The number of nitrogens with one attached hydrogen (secondary N) is 2. The van der Waals surface area contributed by atoms with Gasteiger partial charge in [-0.3, -0.25) is 14.9 Å². The van der Waals surface area contributed by atoms with Crippen LogP contribution in [0, 0.1) is 5.92 Å². The molecule has 31 heavy (non-hydrogen) atoms. The fourth-order valence-electron chi connectivity index (χ4n) is 4.16. The highest BCUT2D eigenvalue weighted by Crippen LogP contribution is 2.37. The van der Waals surface area contributed by atoms with Crippen molar-refractivity contribution < 1.29 is 24.2 Å². The van der Waals surface area contributed by atoms with Crippen molar-refractivity contribution in [1.29, 1.82) is 0 Å². The number of carbonyl (C=O) groups is 3. The third kappa shape index (κ3) is 5.29. The Morgan fingerprint density at radius 1 is 1.16 bits per heavy atom. The summed E-state index contributed by atoms with van der Waals surface area (Å²) >= 11 is 0. The zero-order valence-corrected chi connectivity index (χ0v) is 18.0. The van der Waals surface area contributed by atoms with Crippen molar-refractivity contribution in [2.75, 3.05) is 6.61 Å². The molecule has 1 unspecified atom stereocenters. The molecule has 3 atom stereocenters. The lowest BCUT2D eigenvalue weighted by Gasteiger charge is -2.42. The van der Waals surface area contributed by atoms with Crippen LogP contribution in [0.25, 0.3) is 10.8 Å². The summed E-state index contributed by atoms with van der Waals surface area (Å²) < 4.78 is 6.33. The predicted molar refractivity (Wildman–Crippen MR) is 117 cm³/mol. The fourth-order valence-corrected chi connectivity index (χ4v) is 4.16. The molecule has 1 heterocycles. The van der Waals surface area contributed by atoms with E-state index in [9.17, 15) is 14.4 Å². The second kappa shape index (κ2) is 10.0. The van der Waals surface area contributed by atoms with Gasteiger partial charge in [0.2, 0.25) is 5.91 Å². The quantitative estimate of drug-likeness (QED) is 0.533. The first-order valence-corrected chi connectivity index (χ1v) is 10.7. The highest BCUT2D eigenvalue weighted by molar-refractivity contribution is 5.88. The lowest BCUT2D eigenvalue weighted by molar-refractivity contribution is -0.141. The van der Waals surface area contributed by atoms with E-state index in [2.05, 4.69) is 10.6 Å². The number of amides is 1. The molecule has 0 bridgehead atoms. The van der Waals surface area contributed by atoms with E-state index < -0.39 is 36.1 Å². The van der Waals surface area contributed by atoms with Crippen molar-refractivity contribution >= 4 is 28.9 Å². The first-order chi connectivity index (χ1) is 14.9. The van der Waals surface area contributed by atoms with Crippen LogP contribution in [0.15, 0.2) is 42.5 Å². The average Bonchev–Trinajstić information content (AvgIpc) is 2.76. The van der Waals surface area contributed by atoms with Crippen LogP contribution in [0.2, 0.25) is 0 Å². The number of benzene rings is 2. The van der Waals surface area contributed by atoms with Gasteiger partial charge in [0.15, 0.2) is 0 Å². The summed E-state index contributed by atoms with van der Waals surface area (Å²) in [5.74, 6) is -1.68. The molecular weight excluding hydrogens is 396 g/mol. The van der Waals surface area contributed by atoms with Crippen molar-refractivity contribution in [1.82, 2.24) is 10.6 Å². The fraction of sp³-hybridized carbons (Fsp3) is 0.458. The first-order valence-electron chi connectivity index (χ1n) is 10.7. The minimum atomic E-state index is -1.14. The van der Waals surface area contributed by atoms with Gasteiger partial charge in [0.25, 0.3) is 0 Å². The normalized spacial score (nSPS) is 20.9. The van der Waals surface area contributed by atoms with Crippen LogP contribution in [0.1, 0.15) is 45.1 Å². The molecule has 1 saturated heterocycles. The minimum Gasteiger partial charge on any atom is -0.481 e. The molecule has 1 aliphatic heterocycles. The number of hydrogen-bond acceptors (Lipinski definition) is 5. The number of rotatable bonds is 9. The van der Waals surface area contributed by atoms with Crippen molar-refractivity contribution in [3.05, 3.63) is 48.0 Å². The number of hydrogen-bond donors (Lipinski definition) is 3. The number of aldehydes is 1. The van der Waals surface area contributed by atoms with Crippen LogP contribution < -0.4 is 10.6 Å². The third-order valence-corrected chi connectivity index (χ3v) is 5.72. The number of fused-ring (bicyclic) bond motifs is 1. The molecule has 0 aromatic heterocycles. The molecule has 0 radical (unpaired) electrons. The predicted octanol–water partition coefficient (Wildman–Crippen LogP) is 2.97. The number of carbonyl (C=O) groups excluding carboxylic acids is 2. The van der Waals surface area contributed by atoms with E-state index in [-0.39, 0.29) is 5.92 Å². The Morgan fingerprint density at radius 3 is 2.55 bits per heavy atom. The second-order valence-electron chi connectivity index (χ2n) is 8.37. The SMILES string of the molecule is CC(C)[C@H](NC1(c2cccc3ccccc23)CCCCO1)C(=O)N[C@H](C=O)CC(=O)O. The molecule has 2 aromatic carbocycles. The summed E-state index contributed by atoms with van der Waals surface area (Å²) in [5, 5.41) is 17.2. The van der Waals surface area contributed by atoms with Gasteiger partial charge in [-0.2, -0.15) is 0 Å². The Balaban J connectivity index is 1.95. The van der Waals surface area contributed by atoms with Crippen LogP contribution >= 0.6 is 0 Å². The van der Waals surface area contributed by atoms with Crippen molar-refractivity contribution in [2.24, 2.45) is 5.92 Å². The number of carboxylic acids is 1. The van der Waals surface area contributed by atoms with Crippen molar-refractivity contribution in [3.63, 3.8) is 0 Å². The summed E-state index contributed by atoms with van der Waals surface area (Å²) in [6, 6.07) is 12.4. The highest BCUT2D eigenvalue weighted by Gasteiger charge is 2.41. The van der Waals surface area contributed by atoms with Crippen molar-refractivity contribution in [2.45, 2.75) is 57.3 Å². The van der Waals surface area contributed by atoms with Crippen LogP contribution in [-0.2, 0) is 24.8 Å². The lowest BCUT2D eigenvalue weighted by atomic mass is 9.88. The smallest absolute Gasteiger partial charge is 0.305 e. The number of ether oxygens (including phenoxy) is 1. The van der Waals surface area contributed by atoms with Gasteiger partial charge in [0, 0.05) is 12.2 Å². The molecule has 2 aromatic rings. The van der Waals surface area contributed by atoms with E-state index in [1.165, 1.54) is 0 Å². The molecule has 7 nitrogen and oxygen atoms in total. The van der Waals surface area contributed by atoms with E-state index in [1.807, 2.05) is 56.3 Å². The summed E-state index contributed by atoms with van der Waals surface area (Å²) in [6.45, 7) is 4.38. The number of aliphatic carboxylic acids is 1. The van der Waals surface area contributed by atoms with Crippen LogP contribution in [0.3, 0.4) is 0 Å². The summed E-state index contributed by atoms with van der Waals surface area (Å²) in [4.78, 5) is 35.3. The van der Waals surface area contributed by atoms with E-state index >= 15 is 0 Å². The van der Waals surface area contributed by atoms with E-state index in [0.717, 1.165) is 29.2 Å². The monoisotopic (exact) mass is 426 g/mol. The molecule has 3 rings (SSSR count). The van der Waals surface area contributed by atoms with E-state index in [4.69, 9.17) is 9.84 Å². The molecular formula is C24H30N2O5. The number of carboxylic acid groups (broad SMARTS) is 1. The Bertz CT molecular complexity index is 931. The van der Waals surface area contributed by atoms with Crippen LogP contribution in [0.5, 0.6) is 0 Å². The zero-order valence-electron chi connectivity index (χ0n) is 18.0.